The van der Waals surface area contributed by atoms with Crippen LogP contribution in [0.2, 0.25) is 5.02 Å². The van der Waals surface area contributed by atoms with Crippen molar-refractivity contribution >= 4 is 56.0 Å². The van der Waals surface area contributed by atoms with E-state index in [0.29, 0.717) is 10.7 Å². The number of nitrogen functional groups attached to an aromatic ring is 1. The fourth-order valence-corrected chi connectivity index (χ4v) is 3.25. The predicted octanol–water partition coefficient (Wildman–Crippen LogP) is 1.89. The second-order valence-electron chi connectivity index (χ2n) is 5.09. The Hall–Kier alpha value is -2.82. The second-order valence-corrected chi connectivity index (χ2v) is 7.03. The quantitative estimate of drug-likeness (QED) is 0.430. The first-order chi connectivity index (χ1) is 11.7. The maximum Gasteiger partial charge on any atom is 0.339 e. The summed E-state index contributed by atoms with van der Waals surface area (Å²) in [5, 5.41) is 17.7. The van der Waals surface area contributed by atoms with E-state index in [-0.39, 0.29) is 22.7 Å². The summed E-state index contributed by atoms with van der Waals surface area (Å²) in [6, 6.07) is 7.39. The molecule has 1 aromatic heterocycles. The molecule has 0 aliphatic rings. The molecule has 130 valence electrons. The number of H-pyrrole nitrogens is 1. The van der Waals surface area contributed by atoms with Gasteiger partial charge in [0.25, 0.3) is 0 Å². The van der Waals surface area contributed by atoms with E-state index < -0.39 is 26.5 Å². The topological polar surface area (TPSA) is 164 Å². The lowest BCUT2D eigenvalue weighted by Crippen LogP contribution is -2.17. The number of nitrogens with one attached hydrogen (secondary N) is 2. The number of fused-ring (bicyclic) bond motifs is 1. The smallest absolute Gasteiger partial charge is 0.339 e. The van der Waals surface area contributed by atoms with Gasteiger partial charge in [0.1, 0.15) is 5.56 Å². The van der Waals surface area contributed by atoms with E-state index in [2.05, 4.69) is 15.3 Å². The number of hydrogen-bond donors (Lipinski definition) is 5. The number of para-hydroxylation sites is 1. The van der Waals surface area contributed by atoms with E-state index in [0.717, 1.165) is 6.07 Å². The van der Waals surface area contributed by atoms with Gasteiger partial charge in [-0.05, 0) is 24.3 Å². The lowest BCUT2D eigenvalue weighted by atomic mass is 10.2. The van der Waals surface area contributed by atoms with Gasteiger partial charge in [-0.1, -0.05) is 17.7 Å². The van der Waals surface area contributed by atoms with Crippen LogP contribution in [0.15, 0.2) is 35.2 Å². The molecule has 0 unspecified atom stereocenters. The third kappa shape index (κ3) is 3.09. The number of carbonyl (C=O) groups is 1. The highest BCUT2D eigenvalue weighted by atomic mass is 35.5. The average Bonchev–Trinajstić information content (AvgIpc) is 2.92. The number of carboxylic acid groups (broad SMARTS) is 1. The molecule has 0 saturated heterocycles. The zero-order chi connectivity index (χ0) is 18.4. The molecule has 0 fully saturated rings. The van der Waals surface area contributed by atoms with Crippen molar-refractivity contribution in [2.24, 2.45) is 5.14 Å². The Kier molecular flexibility index (Phi) is 4.03. The minimum absolute atomic E-state index is 0.0159. The highest BCUT2D eigenvalue weighted by molar-refractivity contribution is 7.89. The number of benzene rings is 2. The summed E-state index contributed by atoms with van der Waals surface area (Å²) in [6.45, 7) is 0. The van der Waals surface area contributed by atoms with Gasteiger partial charge in [-0.15, -0.1) is 0 Å². The summed E-state index contributed by atoms with van der Waals surface area (Å²) < 4.78 is 23.2. The van der Waals surface area contributed by atoms with Crippen LogP contribution in [0.1, 0.15) is 10.4 Å². The minimum Gasteiger partial charge on any atom is -0.478 e. The van der Waals surface area contributed by atoms with E-state index in [9.17, 15) is 18.3 Å². The first kappa shape index (κ1) is 17.0. The minimum atomic E-state index is -4.22. The Morgan fingerprint density at radius 3 is 2.64 bits per heavy atom. The van der Waals surface area contributed by atoms with Gasteiger partial charge < -0.3 is 21.1 Å². The molecule has 0 saturated carbocycles. The van der Waals surface area contributed by atoms with Crippen LogP contribution in [0, 0.1) is 0 Å². The molecule has 0 bridgehead atoms. The van der Waals surface area contributed by atoms with Crippen LogP contribution in [-0.4, -0.2) is 29.5 Å². The van der Waals surface area contributed by atoms with Crippen molar-refractivity contribution in [3.8, 4) is 0 Å². The van der Waals surface area contributed by atoms with Gasteiger partial charge >= 0.3 is 5.97 Å². The number of sulfonamides is 1. The third-order valence-corrected chi connectivity index (χ3v) is 4.73. The van der Waals surface area contributed by atoms with Gasteiger partial charge in [0.2, 0.25) is 16.0 Å². The number of aromatic nitrogens is 2. The van der Waals surface area contributed by atoms with Gasteiger partial charge in [-0.3, -0.25) is 0 Å². The van der Waals surface area contributed by atoms with Crippen LogP contribution in [0.4, 0.5) is 17.3 Å². The predicted molar refractivity (Wildman–Crippen MR) is 93.6 cm³/mol. The fraction of sp³-hybridized carbons (Fsp3) is 0. The van der Waals surface area contributed by atoms with Crippen LogP contribution >= 0.6 is 11.6 Å². The molecular formula is C14H12ClN5O4S. The number of halogens is 1. The number of primary sulfonamides is 1. The molecule has 3 aromatic rings. The number of aromatic amines is 1. The van der Waals surface area contributed by atoms with Crippen molar-refractivity contribution < 1.29 is 18.3 Å². The Bertz CT molecular complexity index is 1110. The number of anilines is 3. The SMILES string of the molecule is Nc1c(Cl)cccc1Nc1nc2ccc(S(N)(=O)=O)c(C(=O)O)c2[nH]1. The molecule has 7 N–H and O–H groups in total. The van der Waals surface area contributed by atoms with Crippen LogP contribution in [0.5, 0.6) is 0 Å². The molecule has 0 aliphatic heterocycles. The molecular weight excluding hydrogens is 370 g/mol. The van der Waals surface area contributed by atoms with Crippen molar-refractivity contribution in [2.45, 2.75) is 4.90 Å². The number of imidazole rings is 1. The van der Waals surface area contributed by atoms with Gasteiger partial charge in [0.15, 0.2) is 0 Å². The molecule has 0 atom stereocenters. The summed E-state index contributed by atoms with van der Waals surface area (Å²) in [5.41, 5.74) is 6.37. The standard InChI is InChI=1S/C14H12ClN5O4S/c15-6-2-1-3-7(11(6)16)18-14-19-8-4-5-9(25(17,23)24)10(13(21)22)12(8)20-14/h1-5H,16H2,(H,21,22)(H2,17,23,24)(H2,18,19,20). The van der Waals surface area contributed by atoms with Crippen molar-refractivity contribution in [1.82, 2.24) is 9.97 Å². The van der Waals surface area contributed by atoms with E-state index >= 15 is 0 Å². The summed E-state index contributed by atoms with van der Waals surface area (Å²) in [6.07, 6.45) is 0. The maximum absolute atomic E-state index is 11.6. The zero-order valence-electron chi connectivity index (χ0n) is 12.4. The van der Waals surface area contributed by atoms with Gasteiger partial charge in [0.05, 0.1) is 32.3 Å². The molecule has 0 amide bonds. The largest absolute Gasteiger partial charge is 0.478 e. The molecule has 9 nitrogen and oxygen atoms in total. The number of nitrogens with two attached hydrogens (primary N) is 2. The molecule has 25 heavy (non-hydrogen) atoms. The van der Waals surface area contributed by atoms with Crippen molar-refractivity contribution in [2.75, 3.05) is 11.1 Å². The lowest BCUT2D eigenvalue weighted by Gasteiger charge is -2.07. The van der Waals surface area contributed by atoms with E-state index in [1.807, 2.05) is 0 Å². The number of aromatic carboxylic acids is 1. The van der Waals surface area contributed by atoms with Gasteiger partial charge in [0, 0.05) is 0 Å². The number of nitrogens with zero attached hydrogens (tertiary/aromatic N) is 1. The monoisotopic (exact) mass is 381 g/mol. The molecule has 3 rings (SSSR count). The van der Waals surface area contributed by atoms with Crippen molar-refractivity contribution in [1.29, 1.82) is 0 Å². The third-order valence-electron chi connectivity index (χ3n) is 3.45. The molecule has 0 aliphatic carbocycles. The summed E-state index contributed by atoms with van der Waals surface area (Å²) >= 11 is 5.94. The Morgan fingerprint density at radius 1 is 1.28 bits per heavy atom. The van der Waals surface area contributed by atoms with Gasteiger partial charge in [-0.25, -0.2) is 23.3 Å². The number of rotatable bonds is 4. The van der Waals surface area contributed by atoms with Crippen molar-refractivity contribution in [3.63, 3.8) is 0 Å². The highest BCUT2D eigenvalue weighted by Gasteiger charge is 2.24. The zero-order valence-corrected chi connectivity index (χ0v) is 14.0. The molecule has 0 radical (unpaired) electrons. The summed E-state index contributed by atoms with van der Waals surface area (Å²) in [7, 11) is -4.22. The molecule has 11 heteroatoms. The van der Waals surface area contributed by atoms with E-state index in [1.165, 1.54) is 6.07 Å². The van der Waals surface area contributed by atoms with E-state index in [4.69, 9.17) is 22.5 Å². The Morgan fingerprint density at radius 2 is 2.00 bits per heavy atom. The second kappa shape index (κ2) is 5.92. The summed E-state index contributed by atoms with van der Waals surface area (Å²) in [4.78, 5) is 17.9. The van der Waals surface area contributed by atoms with Crippen LogP contribution in [-0.2, 0) is 10.0 Å². The van der Waals surface area contributed by atoms with Crippen molar-refractivity contribution in [3.05, 3.63) is 40.9 Å². The normalized spacial score (nSPS) is 11.6. The van der Waals surface area contributed by atoms with Crippen LogP contribution in [0.3, 0.4) is 0 Å². The number of hydrogen-bond acceptors (Lipinski definition) is 6. The number of carboxylic acids is 1. The Balaban J connectivity index is 2.16. The van der Waals surface area contributed by atoms with Crippen LogP contribution < -0.4 is 16.2 Å². The molecule has 2 aromatic carbocycles. The summed E-state index contributed by atoms with van der Waals surface area (Å²) in [5.74, 6) is -1.29. The average molecular weight is 382 g/mol. The van der Waals surface area contributed by atoms with Gasteiger partial charge in [-0.2, -0.15) is 0 Å². The maximum atomic E-state index is 11.6. The molecule has 0 spiro atoms. The molecule has 1 heterocycles. The fourth-order valence-electron chi connectivity index (χ4n) is 2.34. The lowest BCUT2D eigenvalue weighted by molar-refractivity contribution is 0.0694. The van der Waals surface area contributed by atoms with E-state index in [1.54, 1.807) is 18.2 Å². The first-order valence-electron chi connectivity index (χ1n) is 6.78. The van der Waals surface area contributed by atoms with Crippen LogP contribution in [0.25, 0.3) is 11.0 Å². The Labute approximate surface area is 146 Å². The first-order valence-corrected chi connectivity index (χ1v) is 8.70. The highest BCUT2D eigenvalue weighted by Crippen LogP contribution is 2.30.